The quantitative estimate of drug-likeness (QED) is 0.907. The first-order valence-electron chi connectivity index (χ1n) is 5.96. The fourth-order valence-corrected chi connectivity index (χ4v) is 1.74. The number of halogens is 3. The van der Waals surface area contributed by atoms with Crippen LogP contribution in [-0.2, 0) is 6.54 Å². The molecule has 0 aliphatic heterocycles. The Labute approximate surface area is 114 Å². The Morgan fingerprint density at radius 3 is 2.65 bits per heavy atom. The largest absolute Gasteiger partial charge is 0.434 e. The highest BCUT2D eigenvalue weighted by atomic mass is 19.3. The van der Waals surface area contributed by atoms with Crippen LogP contribution in [0.5, 0.6) is 5.75 Å². The normalized spacial score (nSPS) is 10.7. The van der Waals surface area contributed by atoms with E-state index >= 15 is 0 Å². The zero-order valence-electron chi connectivity index (χ0n) is 10.7. The summed E-state index contributed by atoms with van der Waals surface area (Å²) in [7, 11) is 0. The van der Waals surface area contributed by atoms with Crippen molar-refractivity contribution in [2.45, 2.75) is 20.1 Å². The Bertz CT molecular complexity index is 590. The third-order valence-electron chi connectivity index (χ3n) is 2.63. The van der Waals surface area contributed by atoms with Gasteiger partial charge in [0.25, 0.3) is 0 Å². The number of ether oxygens (including phenoxy) is 1. The molecule has 106 valence electrons. The molecule has 0 fully saturated rings. The first-order valence-corrected chi connectivity index (χ1v) is 5.96. The summed E-state index contributed by atoms with van der Waals surface area (Å²) in [6.45, 7) is -1.17. The Kier molecular flexibility index (Phi) is 4.45. The average molecular weight is 282 g/mol. The third-order valence-corrected chi connectivity index (χ3v) is 2.63. The van der Waals surface area contributed by atoms with Crippen molar-refractivity contribution in [1.82, 2.24) is 4.98 Å². The first kappa shape index (κ1) is 14.2. The molecule has 0 aliphatic carbocycles. The van der Waals surface area contributed by atoms with Crippen molar-refractivity contribution in [2.75, 3.05) is 5.32 Å². The number of alkyl halides is 2. The van der Waals surface area contributed by atoms with Crippen molar-refractivity contribution >= 4 is 5.82 Å². The van der Waals surface area contributed by atoms with Crippen LogP contribution in [0.3, 0.4) is 0 Å². The molecule has 0 atom stereocenters. The molecule has 0 radical (unpaired) electrons. The molecule has 0 amide bonds. The molecule has 0 bridgehead atoms. The Hall–Kier alpha value is -2.24. The minimum atomic E-state index is -2.99. The first-order chi connectivity index (χ1) is 9.56. The Morgan fingerprint density at radius 2 is 1.95 bits per heavy atom. The minimum Gasteiger partial charge on any atom is -0.434 e. The molecule has 2 aromatic rings. The fourth-order valence-electron chi connectivity index (χ4n) is 1.74. The van der Waals surface area contributed by atoms with Crippen LogP contribution in [0.1, 0.15) is 11.3 Å². The highest BCUT2D eigenvalue weighted by Crippen LogP contribution is 2.24. The molecule has 1 aromatic heterocycles. The number of aryl methyl sites for hydroxylation is 1. The van der Waals surface area contributed by atoms with Gasteiger partial charge in [0.15, 0.2) is 0 Å². The average Bonchev–Trinajstić information content (AvgIpc) is 2.37. The van der Waals surface area contributed by atoms with E-state index in [-0.39, 0.29) is 17.9 Å². The summed E-state index contributed by atoms with van der Waals surface area (Å²) in [5.74, 6) is -0.250. The van der Waals surface area contributed by atoms with Crippen LogP contribution < -0.4 is 10.1 Å². The van der Waals surface area contributed by atoms with Crippen LogP contribution in [0.2, 0.25) is 0 Å². The lowest BCUT2D eigenvalue weighted by Gasteiger charge is -2.12. The lowest BCUT2D eigenvalue weighted by Crippen LogP contribution is -2.09. The van der Waals surface area contributed by atoms with Gasteiger partial charge in [-0.3, -0.25) is 0 Å². The van der Waals surface area contributed by atoms with E-state index < -0.39 is 12.4 Å². The zero-order valence-corrected chi connectivity index (χ0v) is 10.7. The molecular weight excluding hydrogens is 269 g/mol. The number of nitrogens with one attached hydrogen (secondary N) is 1. The maximum absolute atomic E-state index is 13.7. The molecule has 0 spiro atoms. The Morgan fingerprint density at radius 1 is 1.20 bits per heavy atom. The van der Waals surface area contributed by atoms with E-state index in [0.717, 1.165) is 5.69 Å². The highest BCUT2D eigenvalue weighted by molar-refractivity contribution is 5.41. The molecule has 20 heavy (non-hydrogen) atoms. The predicted octanol–water partition coefficient (Wildman–Crippen LogP) is 3.74. The molecular formula is C14H13F3N2O. The van der Waals surface area contributed by atoms with Gasteiger partial charge in [0.05, 0.1) is 0 Å². The summed E-state index contributed by atoms with van der Waals surface area (Å²) in [4.78, 5) is 4.19. The van der Waals surface area contributed by atoms with E-state index in [4.69, 9.17) is 0 Å². The van der Waals surface area contributed by atoms with Gasteiger partial charge in [-0.2, -0.15) is 8.78 Å². The third kappa shape index (κ3) is 3.63. The monoisotopic (exact) mass is 282 g/mol. The maximum Gasteiger partial charge on any atom is 0.387 e. The second-order valence-electron chi connectivity index (χ2n) is 4.11. The summed E-state index contributed by atoms with van der Waals surface area (Å²) < 4.78 is 42.5. The topological polar surface area (TPSA) is 34.1 Å². The predicted molar refractivity (Wildman–Crippen MR) is 69.3 cm³/mol. The van der Waals surface area contributed by atoms with E-state index in [1.54, 1.807) is 12.1 Å². The highest BCUT2D eigenvalue weighted by Gasteiger charge is 2.13. The summed E-state index contributed by atoms with van der Waals surface area (Å²) >= 11 is 0. The number of nitrogens with zero attached hydrogens (tertiary/aromatic N) is 1. The molecule has 3 nitrogen and oxygen atoms in total. The van der Waals surface area contributed by atoms with Gasteiger partial charge in [0, 0.05) is 17.8 Å². The summed E-state index contributed by atoms with van der Waals surface area (Å²) in [6, 6.07) is 9.14. The van der Waals surface area contributed by atoms with E-state index in [2.05, 4.69) is 15.0 Å². The van der Waals surface area contributed by atoms with Crippen molar-refractivity contribution in [3.8, 4) is 5.75 Å². The van der Waals surface area contributed by atoms with Gasteiger partial charge in [-0.15, -0.1) is 0 Å². The van der Waals surface area contributed by atoms with Crippen LogP contribution in [0, 0.1) is 12.7 Å². The number of rotatable bonds is 5. The van der Waals surface area contributed by atoms with E-state index in [1.807, 2.05) is 13.0 Å². The number of hydrogen-bond acceptors (Lipinski definition) is 3. The molecule has 0 unspecified atom stereocenters. The fraction of sp³-hybridized carbons (Fsp3) is 0.214. The summed E-state index contributed by atoms with van der Waals surface area (Å²) in [6.07, 6.45) is 0. The number of pyridine rings is 1. The number of anilines is 1. The van der Waals surface area contributed by atoms with Gasteiger partial charge in [-0.25, -0.2) is 9.37 Å². The van der Waals surface area contributed by atoms with Gasteiger partial charge >= 0.3 is 6.61 Å². The van der Waals surface area contributed by atoms with Crippen LogP contribution in [-0.4, -0.2) is 11.6 Å². The van der Waals surface area contributed by atoms with Crippen LogP contribution in [0.25, 0.3) is 0 Å². The second-order valence-corrected chi connectivity index (χ2v) is 4.11. The molecule has 0 saturated carbocycles. The molecule has 0 aliphatic rings. The number of hydrogen-bond donors (Lipinski definition) is 1. The van der Waals surface area contributed by atoms with Gasteiger partial charge in [0.1, 0.15) is 17.4 Å². The standard InChI is InChI=1S/C14H13F3N2O/c1-9-4-2-7-13(19-9)18-8-10-11(15)5-3-6-12(10)20-14(16)17/h2-7,14H,8H2,1H3,(H,18,19). The smallest absolute Gasteiger partial charge is 0.387 e. The molecule has 2 rings (SSSR count). The van der Waals surface area contributed by atoms with Crippen LogP contribution in [0.4, 0.5) is 19.0 Å². The van der Waals surface area contributed by atoms with Crippen molar-refractivity contribution in [3.63, 3.8) is 0 Å². The molecule has 6 heteroatoms. The maximum atomic E-state index is 13.7. The lowest BCUT2D eigenvalue weighted by molar-refractivity contribution is -0.0505. The van der Waals surface area contributed by atoms with E-state index in [9.17, 15) is 13.2 Å². The molecule has 1 heterocycles. The van der Waals surface area contributed by atoms with Crippen molar-refractivity contribution in [3.05, 3.63) is 53.5 Å². The number of benzene rings is 1. The van der Waals surface area contributed by atoms with Gasteiger partial charge in [-0.05, 0) is 31.2 Å². The van der Waals surface area contributed by atoms with Crippen molar-refractivity contribution in [1.29, 1.82) is 0 Å². The minimum absolute atomic E-state index is 0.00514. The van der Waals surface area contributed by atoms with Crippen molar-refractivity contribution < 1.29 is 17.9 Å². The SMILES string of the molecule is Cc1cccc(NCc2c(F)cccc2OC(F)F)n1. The summed E-state index contributed by atoms with van der Waals surface area (Å²) in [5, 5.41) is 2.88. The zero-order chi connectivity index (χ0) is 14.5. The van der Waals surface area contributed by atoms with E-state index in [0.29, 0.717) is 5.82 Å². The molecule has 1 aromatic carbocycles. The summed E-state index contributed by atoms with van der Waals surface area (Å²) in [5.41, 5.74) is 0.837. The van der Waals surface area contributed by atoms with Gasteiger partial charge in [-0.1, -0.05) is 12.1 Å². The molecule has 0 saturated heterocycles. The van der Waals surface area contributed by atoms with Crippen LogP contribution in [0.15, 0.2) is 36.4 Å². The van der Waals surface area contributed by atoms with Gasteiger partial charge in [0.2, 0.25) is 0 Å². The van der Waals surface area contributed by atoms with Gasteiger partial charge < -0.3 is 10.1 Å². The van der Waals surface area contributed by atoms with Crippen LogP contribution >= 0.6 is 0 Å². The number of aromatic nitrogens is 1. The lowest BCUT2D eigenvalue weighted by atomic mass is 10.2. The van der Waals surface area contributed by atoms with Crippen molar-refractivity contribution in [2.24, 2.45) is 0 Å². The molecule has 1 N–H and O–H groups in total. The second kappa shape index (κ2) is 6.27. The Balaban J connectivity index is 2.16. The van der Waals surface area contributed by atoms with E-state index in [1.165, 1.54) is 18.2 Å².